The van der Waals surface area contributed by atoms with Crippen molar-refractivity contribution in [2.24, 2.45) is 0 Å². The predicted octanol–water partition coefficient (Wildman–Crippen LogP) is -13.0. The minimum atomic E-state index is -1.79. The van der Waals surface area contributed by atoms with Crippen LogP contribution in [0.15, 0.2) is 12.7 Å². The number of nitrogens with one attached hydrogen (secondary N) is 1. The Morgan fingerprint density at radius 1 is 0.778 bits per heavy atom. The number of nitrogen functional groups attached to an aromatic ring is 1. The average molecular weight is 556 g/mol. The van der Waals surface area contributed by atoms with Crippen LogP contribution in [0, 0.1) is 0 Å². The maximum absolute atomic E-state index is 9.90. The Hall–Kier alpha value is -1.13. The number of carbonyl (C=O) groups is 1. The van der Waals surface area contributed by atoms with E-state index in [1.165, 1.54) is 12.7 Å². The molecule has 0 radical (unpaired) electrons. The van der Waals surface area contributed by atoms with Crippen LogP contribution in [0.2, 0.25) is 0 Å². The van der Waals surface area contributed by atoms with E-state index in [1.54, 1.807) is 0 Å². The van der Waals surface area contributed by atoms with Crippen molar-refractivity contribution in [3.05, 3.63) is 12.7 Å². The number of imidazole rings is 1. The molecule has 8 atom stereocenters. The summed E-state index contributed by atoms with van der Waals surface area (Å²) in [6, 6.07) is 0. The maximum Gasteiger partial charge on any atom is 1.00 e. The number of aliphatic hydroxyl groups excluding tert-OH is 11. The first-order valence-electron chi connectivity index (χ1n) is 9.58. The molecule has 204 valence electrons. The summed E-state index contributed by atoms with van der Waals surface area (Å²) < 4.78 is 0. The third kappa shape index (κ3) is 12.9. The van der Waals surface area contributed by atoms with Gasteiger partial charge in [-0.2, -0.15) is 0 Å². The van der Waals surface area contributed by atoms with Gasteiger partial charge in [0.15, 0.2) is 17.8 Å². The Morgan fingerprint density at radius 3 is 1.56 bits per heavy atom. The second-order valence-corrected chi connectivity index (χ2v) is 6.70. The molecule has 0 unspecified atom stereocenters. The number of nitrogens with zero attached hydrogens (tertiary/aromatic N) is 3. The number of anilines is 1. The van der Waals surface area contributed by atoms with E-state index in [9.17, 15) is 4.79 Å². The number of fused-ring (bicyclic) bond motifs is 1. The van der Waals surface area contributed by atoms with E-state index in [0.29, 0.717) is 17.0 Å². The van der Waals surface area contributed by atoms with E-state index in [2.05, 4.69) is 19.9 Å². The minimum Gasteiger partial charge on any atom is -1.00 e. The van der Waals surface area contributed by atoms with E-state index in [4.69, 9.17) is 61.9 Å². The standard InChI is InChI=1S/C6H14O6.C6H12O6.C5H5N5.ClH.Na/c2*7-1-3(9)5(11)6(12)4(10)2-8;6-4-3-5(9-1-7-3)10-2-8-4;;/h3-12H,1-2H2;1,3-6,8-12H,2H2;1-2H,(H3,6,7,8,9,10);1H;/q;;;;+1/p-1/t3-,4-,5-,6-;3-,4+,5+,6+;;;/m10.../s1. The number of rotatable bonds is 10. The van der Waals surface area contributed by atoms with Crippen molar-refractivity contribution in [2.45, 2.75) is 48.8 Å². The van der Waals surface area contributed by atoms with Gasteiger partial charge in [-0.15, -0.1) is 0 Å². The van der Waals surface area contributed by atoms with Crippen LogP contribution >= 0.6 is 0 Å². The van der Waals surface area contributed by atoms with Gasteiger partial charge in [-0.05, 0) is 0 Å². The Balaban J connectivity index is -0.000000442. The first-order valence-corrected chi connectivity index (χ1v) is 9.58. The van der Waals surface area contributed by atoms with Crippen molar-refractivity contribution < 1.29 is 103 Å². The predicted molar refractivity (Wildman–Crippen MR) is 111 cm³/mol. The molecular weight excluding hydrogens is 525 g/mol. The van der Waals surface area contributed by atoms with Gasteiger partial charge in [0, 0.05) is 0 Å². The maximum atomic E-state index is 9.90. The molecule has 0 aliphatic rings. The number of H-pyrrole nitrogens is 1. The van der Waals surface area contributed by atoms with Crippen LogP contribution in [0.1, 0.15) is 0 Å². The van der Waals surface area contributed by atoms with Gasteiger partial charge in [0.05, 0.1) is 26.1 Å². The average Bonchev–Trinajstić information content (AvgIpc) is 3.36. The van der Waals surface area contributed by atoms with Gasteiger partial charge in [0.25, 0.3) is 0 Å². The molecule has 0 saturated heterocycles. The third-order valence-electron chi connectivity index (χ3n) is 4.19. The zero-order valence-electron chi connectivity index (χ0n) is 19.1. The molecule has 0 amide bonds. The van der Waals surface area contributed by atoms with Crippen LogP contribution in [-0.4, -0.2) is 151 Å². The number of aldehydes is 1. The number of halogens is 1. The topological polar surface area (TPSA) is 320 Å². The summed E-state index contributed by atoms with van der Waals surface area (Å²) in [6.07, 6.45) is -10.3. The van der Waals surface area contributed by atoms with Crippen molar-refractivity contribution in [1.82, 2.24) is 19.9 Å². The van der Waals surface area contributed by atoms with E-state index in [1.807, 2.05) is 0 Å². The summed E-state index contributed by atoms with van der Waals surface area (Å²) in [5, 5.41) is 95.7. The summed E-state index contributed by atoms with van der Waals surface area (Å²) in [4.78, 5) is 24.3. The van der Waals surface area contributed by atoms with Crippen molar-refractivity contribution in [1.29, 1.82) is 0 Å². The molecule has 2 heterocycles. The molecule has 0 saturated carbocycles. The summed E-state index contributed by atoms with van der Waals surface area (Å²) >= 11 is 0. The third-order valence-corrected chi connectivity index (χ3v) is 4.19. The van der Waals surface area contributed by atoms with Crippen molar-refractivity contribution in [3.63, 3.8) is 0 Å². The number of carbonyl (C=O) groups excluding carboxylic acids is 1. The Kier molecular flexibility index (Phi) is 22.8. The largest absolute Gasteiger partial charge is 1.00 e. The Labute approximate surface area is 232 Å². The van der Waals surface area contributed by atoms with Crippen LogP contribution in [0.25, 0.3) is 11.2 Å². The smallest absolute Gasteiger partial charge is 1.00 e. The number of hydrogen-bond acceptors (Lipinski definition) is 16. The molecule has 0 spiro atoms. The SMILES string of the molecule is Nc1ncnc2nc[nH]c12.O=C[C@H](O)[C@@H](O)[C@H](O)[C@H](O)CO.OC[C@@H](O)[C@@H](O)[C@H](O)[C@H](O)CO.[Cl-].[Na+]. The molecule has 0 bridgehead atoms. The van der Waals surface area contributed by atoms with Crippen LogP contribution < -0.4 is 47.7 Å². The molecule has 0 aliphatic heterocycles. The van der Waals surface area contributed by atoms with Gasteiger partial charge >= 0.3 is 29.6 Å². The van der Waals surface area contributed by atoms with E-state index in [0.717, 1.165) is 0 Å². The van der Waals surface area contributed by atoms with Crippen LogP contribution in [0.3, 0.4) is 0 Å². The molecule has 36 heavy (non-hydrogen) atoms. The molecule has 14 N–H and O–H groups in total. The molecule has 2 aromatic rings. The Bertz CT molecular complexity index is 813. The fourth-order valence-corrected chi connectivity index (χ4v) is 2.07. The van der Waals surface area contributed by atoms with Crippen molar-refractivity contribution in [2.75, 3.05) is 25.6 Å². The van der Waals surface area contributed by atoms with Gasteiger partial charge in [-0.25, -0.2) is 15.0 Å². The van der Waals surface area contributed by atoms with E-state index < -0.39 is 68.7 Å². The fourth-order valence-electron chi connectivity index (χ4n) is 2.07. The summed E-state index contributed by atoms with van der Waals surface area (Å²) in [5.41, 5.74) is 6.78. The molecule has 2 rings (SSSR count). The van der Waals surface area contributed by atoms with E-state index in [-0.39, 0.29) is 48.3 Å². The molecule has 17 nitrogen and oxygen atoms in total. The summed E-state index contributed by atoms with van der Waals surface area (Å²) in [7, 11) is 0. The van der Waals surface area contributed by atoms with Crippen LogP contribution in [0.4, 0.5) is 5.82 Å². The van der Waals surface area contributed by atoms with Gasteiger partial charge in [0.2, 0.25) is 0 Å². The quantitative estimate of drug-likeness (QED) is 0.0954. The van der Waals surface area contributed by atoms with Gasteiger partial charge in [0.1, 0.15) is 60.7 Å². The van der Waals surface area contributed by atoms with Crippen LogP contribution in [0.5, 0.6) is 0 Å². The second kappa shape index (κ2) is 20.9. The second-order valence-electron chi connectivity index (χ2n) is 6.70. The van der Waals surface area contributed by atoms with E-state index >= 15 is 0 Å². The molecule has 19 heteroatoms. The fraction of sp³-hybridized carbons (Fsp3) is 0.647. The molecule has 0 aromatic carbocycles. The normalized spacial score (nSPS) is 17.1. The number of hydrogen-bond donors (Lipinski definition) is 13. The van der Waals surface area contributed by atoms with Crippen LogP contribution in [-0.2, 0) is 4.79 Å². The molecule has 0 aliphatic carbocycles. The monoisotopic (exact) mass is 555 g/mol. The first kappa shape index (κ1) is 39.4. The Morgan fingerprint density at radius 2 is 1.19 bits per heavy atom. The van der Waals surface area contributed by atoms with Crippen molar-refractivity contribution >= 4 is 23.3 Å². The zero-order valence-corrected chi connectivity index (χ0v) is 21.9. The molecular formula is C17H31ClN5NaO12. The molecule has 2 aromatic heterocycles. The first-order chi connectivity index (χ1) is 16.0. The summed E-state index contributed by atoms with van der Waals surface area (Å²) in [6.45, 7) is -2.21. The van der Waals surface area contributed by atoms with Gasteiger partial charge in [-0.1, -0.05) is 0 Å². The van der Waals surface area contributed by atoms with Crippen molar-refractivity contribution in [3.8, 4) is 0 Å². The van der Waals surface area contributed by atoms with Gasteiger partial charge < -0.3 is 84.1 Å². The number of nitrogens with two attached hydrogens (primary N) is 1. The summed E-state index contributed by atoms with van der Waals surface area (Å²) in [5.74, 6) is 0.433. The zero-order chi connectivity index (χ0) is 26.4. The minimum absolute atomic E-state index is 0. The number of aliphatic hydroxyl groups is 11. The van der Waals surface area contributed by atoms with Gasteiger partial charge in [-0.3, -0.25) is 0 Å². The molecule has 0 fully saturated rings. The number of aromatic nitrogens is 4. The number of aromatic amines is 1.